The van der Waals surface area contributed by atoms with Crippen molar-refractivity contribution in [1.82, 2.24) is 9.21 Å². The fraction of sp³-hybridized carbons (Fsp3) is 0.364. The molecular formula is C22H28N2O4S. The minimum Gasteiger partial charge on any atom is -0.491 e. The molecule has 1 aliphatic rings. The number of nitrogens with zero attached hydrogens (tertiary/aromatic N) is 2. The van der Waals surface area contributed by atoms with Gasteiger partial charge >= 0.3 is 0 Å². The molecule has 1 fully saturated rings. The Hall–Kier alpha value is -2.19. The summed E-state index contributed by atoms with van der Waals surface area (Å²) in [5.41, 5.74) is 2.01. The second kappa shape index (κ2) is 10.0. The zero-order chi connectivity index (χ0) is 20.7. The lowest BCUT2D eigenvalue weighted by molar-refractivity contribution is 0.0570. The highest BCUT2D eigenvalue weighted by molar-refractivity contribution is 7.92. The van der Waals surface area contributed by atoms with Crippen LogP contribution in [0.25, 0.3) is 6.08 Å². The first-order chi connectivity index (χ1) is 13.9. The van der Waals surface area contributed by atoms with E-state index in [4.69, 9.17) is 4.74 Å². The van der Waals surface area contributed by atoms with Crippen LogP contribution in [-0.2, 0) is 10.0 Å². The van der Waals surface area contributed by atoms with Gasteiger partial charge in [0, 0.05) is 38.1 Å². The normalized spacial score (nSPS) is 17.4. The molecule has 29 heavy (non-hydrogen) atoms. The zero-order valence-electron chi connectivity index (χ0n) is 16.6. The van der Waals surface area contributed by atoms with E-state index in [-0.39, 0.29) is 6.61 Å². The van der Waals surface area contributed by atoms with Crippen molar-refractivity contribution in [1.29, 1.82) is 0 Å². The molecule has 2 aromatic rings. The predicted octanol–water partition coefficient (Wildman–Crippen LogP) is 2.35. The van der Waals surface area contributed by atoms with Gasteiger partial charge in [-0.05, 0) is 30.7 Å². The van der Waals surface area contributed by atoms with E-state index in [0.29, 0.717) is 32.7 Å². The van der Waals surface area contributed by atoms with Crippen LogP contribution in [0.5, 0.6) is 5.75 Å². The zero-order valence-corrected chi connectivity index (χ0v) is 17.5. The van der Waals surface area contributed by atoms with Crippen LogP contribution in [0.1, 0.15) is 11.1 Å². The van der Waals surface area contributed by atoms with Crippen LogP contribution in [0.15, 0.2) is 60.0 Å². The third-order valence-corrected chi connectivity index (χ3v) is 6.42. The van der Waals surface area contributed by atoms with E-state index in [1.165, 1.54) is 9.71 Å². The largest absolute Gasteiger partial charge is 0.491 e. The smallest absolute Gasteiger partial charge is 0.236 e. The number of hydrogen-bond donors (Lipinski definition) is 1. The number of aliphatic hydroxyl groups excluding tert-OH is 1. The van der Waals surface area contributed by atoms with Gasteiger partial charge in [0.15, 0.2) is 0 Å². The fourth-order valence-corrected chi connectivity index (χ4v) is 4.33. The van der Waals surface area contributed by atoms with Crippen molar-refractivity contribution in [3.8, 4) is 5.75 Å². The summed E-state index contributed by atoms with van der Waals surface area (Å²) in [7, 11) is -3.44. The molecule has 2 aromatic carbocycles. The lowest BCUT2D eigenvalue weighted by Gasteiger charge is -2.34. The van der Waals surface area contributed by atoms with Crippen molar-refractivity contribution in [2.75, 3.05) is 39.3 Å². The average molecular weight is 417 g/mol. The molecule has 0 spiro atoms. The monoisotopic (exact) mass is 416 g/mol. The summed E-state index contributed by atoms with van der Waals surface area (Å²) < 4.78 is 32.2. The summed E-state index contributed by atoms with van der Waals surface area (Å²) in [6, 6.07) is 17.1. The van der Waals surface area contributed by atoms with E-state index >= 15 is 0 Å². The highest BCUT2D eigenvalue weighted by atomic mass is 32.2. The van der Waals surface area contributed by atoms with Crippen molar-refractivity contribution >= 4 is 16.1 Å². The van der Waals surface area contributed by atoms with Crippen LogP contribution in [0.4, 0.5) is 0 Å². The van der Waals surface area contributed by atoms with E-state index in [0.717, 1.165) is 16.9 Å². The van der Waals surface area contributed by atoms with Gasteiger partial charge in [0.25, 0.3) is 0 Å². The van der Waals surface area contributed by atoms with Gasteiger partial charge in [-0.15, -0.1) is 0 Å². The van der Waals surface area contributed by atoms with Gasteiger partial charge in [0.2, 0.25) is 10.0 Å². The minimum atomic E-state index is -3.44. The summed E-state index contributed by atoms with van der Waals surface area (Å²) in [6.45, 7) is 4.66. The SMILES string of the molecule is Cc1ccc(OCC(O)CN2CCN(S(=O)(=O)/C=C/c3ccccc3)CC2)cc1. The lowest BCUT2D eigenvalue weighted by atomic mass is 10.2. The molecular weight excluding hydrogens is 388 g/mol. The van der Waals surface area contributed by atoms with Crippen molar-refractivity contribution in [3.05, 3.63) is 71.1 Å². The van der Waals surface area contributed by atoms with Crippen LogP contribution in [0, 0.1) is 6.92 Å². The number of hydrogen-bond acceptors (Lipinski definition) is 5. The average Bonchev–Trinajstić information content (AvgIpc) is 2.73. The Morgan fingerprint density at radius 1 is 1.03 bits per heavy atom. The second-order valence-electron chi connectivity index (χ2n) is 7.24. The maximum atomic E-state index is 12.5. The Bertz CT molecular complexity index is 890. The molecule has 1 atom stereocenters. The molecule has 0 radical (unpaired) electrons. The summed E-state index contributed by atoms with van der Waals surface area (Å²) in [5.74, 6) is 0.732. The van der Waals surface area contributed by atoms with E-state index < -0.39 is 16.1 Å². The van der Waals surface area contributed by atoms with Crippen molar-refractivity contribution in [2.45, 2.75) is 13.0 Å². The molecule has 0 bridgehead atoms. The van der Waals surface area contributed by atoms with Gasteiger partial charge < -0.3 is 9.84 Å². The topological polar surface area (TPSA) is 70.1 Å². The van der Waals surface area contributed by atoms with E-state index in [9.17, 15) is 13.5 Å². The third kappa shape index (κ3) is 6.68. The molecule has 0 aliphatic carbocycles. The first-order valence-corrected chi connectivity index (χ1v) is 11.3. The molecule has 3 rings (SSSR count). The van der Waals surface area contributed by atoms with Crippen molar-refractivity contribution in [2.24, 2.45) is 0 Å². The molecule has 1 N–H and O–H groups in total. The quantitative estimate of drug-likeness (QED) is 0.715. The lowest BCUT2D eigenvalue weighted by Crippen LogP contribution is -2.50. The fourth-order valence-electron chi connectivity index (χ4n) is 3.16. The molecule has 0 saturated carbocycles. The standard InChI is InChI=1S/C22H28N2O4S/c1-19-7-9-22(10-8-19)28-18-21(25)17-23-12-14-24(15-13-23)29(26,27)16-11-20-5-3-2-4-6-20/h2-11,16,21,25H,12-15,17-18H2,1H3/b16-11+. The molecule has 6 nitrogen and oxygen atoms in total. The number of benzene rings is 2. The summed E-state index contributed by atoms with van der Waals surface area (Å²) >= 11 is 0. The highest BCUT2D eigenvalue weighted by Crippen LogP contribution is 2.14. The Kier molecular flexibility index (Phi) is 7.44. The molecule has 1 unspecified atom stereocenters. The van der Waals surface area contributed by atoms with Gasteiger partial charge in [-0.2, -0.15) is 4.31 Å². The van der Waals surface area contributed by atoms with Gasteiger partial charge in [-0.25, -0.2) is 8.42 Å². The number of rotatable bonds is 8. The van der Waals surface area contributed by atoms with Gasteiger partial charge in [-0.3, -0.25) is 4.90 Å². The number of aliphatic hydroxyl groups is 1. The first kappa shape index (κ1) is 21.5. The Morgan fingerprint density at radius 2 is 1.69 bits per heavy atom. The molecule has 0 amide bonds. The van der Waals surface area contributed by atoms with Gasteiger partial charge in [0.05, 0.1) is 0 Å². The number of piperazine rings is 1. The van der Waals surface area contributed by atoms with Crippen LogP contribution >= 0.6 is 0 Å². The minimum absolute atomic E-state index is 0.210. The number of β-amino-alcohol motifs (C(OH)–C–C–N with tert-alkyl or cyclic N) is 1. The van der Waals surface area contributed by atoms with E-state index in [1.54, 1.807) is 6.08 Å². The van der Waals surface area contributed by atoms with Crippen LogP contribution in [0.3, 0.4) is 0 Å². The van der Waals surface area contributed by atoms with Crippen molar-refractivity contribution in [3.63, 3.8) is 0 Å². The predicted molar refractivity (Wildman–Crippen MR) is 115 cm³/mol. The Morgan fingerprint density at radius 3 is 2.34 bits per heavy atom. The van der Waals surface area contributed by atoms with Crippen LogP contribution < -0.4 is 4.74 Å². The number of sulfonamides is 1. The maximum Gasteiger partial charge on any atom is 0.236 e. The maximum absolute atomic E-state index is 12.5. The Labute approximate surface area is 173 Å². The molecule has 1 saturated heterocycles. The van der Waals surface area contributed by atoms with Crippen LogP contribution in [0.2, 0.25) is 0 Å². The number of aryl methyl sites for hydroxylation is 1. The third-order valence-electron chi connectivity index (χ3n) is 4.86. The first-order valence-electron chi connectivity index (χ1n) is 9.75. The summed E-state index contributed by atoms with van der Waals surface area (Å²) in [6.07, 6.45) is 0.992. The van der Waals surface area contributed by atoms with Gasteiger partial charge in [0.1, 0.15) is 18.5 Å². The highest BCUT2D eigenvalue weighted by Gasteiger charge is 2.26. The van der Waals surface area contributed by atoms with Crippen LogP contribution in [-0.4, -0.2) is 68.2 Å². The molecule has 0 aromatic heterocycles. The molecule has 7 heteroatoms. The van der Waals surface area contributed by atoms with Gasteiger partial charge in [-0.1, -0.05) is 48.0 Å². The molecule has 156 valence electrons. The Balaban J connectivity index is 1.43. The molecule has 1 aliphatic heterocycles. The van der Waals surface area contributed by atoms with E-state index in [2.05, 4.69) is 4.90 Å². The summed E-state index contributed by atoms with van der Waals surface area (Å²) in [4.78, 5) is 2.07. The number of ether oxygens (including phenoxy) is 1. The molecule has 1 heterocycles. The second-order valence-corrected chi connectivity index (χ2v) is 9.05. The summed E-state index contributed by atoms with van der Waals surface area (Å²) in [5, 5.41) is 11.5. The van der Waals surface area contributed by atoms with E-state index in [1.807, 2.05) is 61.5 Å². The van der Waals surface area contributed by atoms with Crippen molar-refractivity contribution < 1.29 is 18.3 Å².